The first-order valence-corrected chi connectivity index (χ1v) is 10.4. The number of carbonyl (C=O) groups excluding carboxylic acids is 1. The molecule has 1 fully saturated rings. The van der Waals surface area contributed by atoms with Gasteiger partial charge in [-0.15, -0.1) is 0 Å². The topological polar surface area (TPSA) is 79.1 Å². The fourth-order valence-corrected chi connectivity index (χ4v) is 3.78. The van der Waals surface area contributed by atoms with Crippen LogP contribution in [0.3, 0.4) is 0 Å². The predicted octanol–water partition coefficient (Wildman–Crippen LogP) is 2.50. The van der Waals surface area contributed by atoms with E-state index in [1.807, 2.05) is 35.2 Å². The van der Waals surface area contributed by atoms with Crippen molar-refractivity contribution >= 4 is 11.9 Å². The minimum atomic E-state index is 0.0852. The van der Waals surface area contributed by atoms with E-state index >= 15 is 0 Å². The molecular formula is C22H28N4O3. The maximum absolute atomic E-state index is 12.4. The highest BCUT2D eigenvalue weighted by Crippen LogP contribution is 2.31. The zero-order valence-corrected chi connectivity index (χ0v) is 16.6. The second-order valence-corrected chi connectivity index (χ2v) is 7.38. The molecule has 0 spiro atoms. The van der Waals surface area contributed by atoms with Crippen molar-refractivity contribution in [3.05, 3.63) is 54.0 Å². The van der Waals surface area contributed by atoms with Gasteiger partial charge in [-0.25, -0.2) is 4.99 Å². The number of rotatable bonds is 6. The number of furan rings is 1. The summed E-state index contributed by atoms with van der Waals surface area (Å²) in [6.07, 6.45) is 5.44. The maximum atomic E-state index is 12.4. The van der Waals surface area contributed by atoms with Crippen LogP contribution in [0.2, 0.25) is 0 Å². The SMILES string of the molecule is O=C(CN=C(NCCc1ccco1)NC1CCOc2ccccc21)N1CCCC1. The summed E-state index contributed by atoms with van der Waals surface area (Å²) < 4.78 is 11.2. The third-order valence-corrected chi connectivity index (χ3v) is 5.34. The molecule has 0 aliphatic carbocycles. The number of hydrogen-bond acceptors (Lipinski definition) is 4. The summed E-state index contributed by atoms with van der Waals surface area (Å²) in [5.74, 6) is 2.55. The summed E-state index contributed by atoms with van der Waals surface area (Å²) in [5.41, 5.74) is 1.12. The number of ether oxygens (including phenoxy) is 1. The average molecular weight is 396 g/mol. The van der Waals surface area contributed by atoms with Gasteiger partial charge in [0, 0.05) is 38.0 Å². The monoisotopic (exact) mass is 396 g/mol. The molecule has 1 unspecified atom stereocenters. The molecule has 2 aliphatic heterocycles. The highest BCUT2D eigenvalue weighted by molar-refractivity contribution is 5.85. The molecule has 1 aromatic carbocycles. The second-order valence-electron chi connectivity index (χ2n) is 7.38. The van der Waals surface area contributed by atoms with Crippen LogP contribution in [0.25, 0.3) is 0 Å². The minimum absolute atomic E-state index is 0.0852. The molecule has 0 radical (unpaired) electrons. The first-order chi connectivity index (χ1) is 14.3. The molecule has 2 aliphatic rings. The van der Waals surface area contributed by atoms with E-state index in [9.17, 15) is 4.79 Å². The van der Waals surface area contributed by atoms with Crippen LogP contribution < -0.4 is 15.4 Å². The van der Waals surface area contributed by atoms with Crippen molar-refractivity contribution in [1.29, 1.82) is 0 Å². The molecule has 0 bridgehead atoms. The zero-order valence-electron chi connectivity index (χ0n) is 16.6. The molecule has 7 heteroatoms. The van der Waals surface area contributed by atoms with Gasteiger partial charge in [0.05, 0.1) is 18.9 Å². The number of para-hydroxylation sites is 1. The Labute approximate surface area is 171 Å². The molecule has 2 aromatic rings. The van der Waals surface area contributed by atoms with Crippen molar-refractivity contribution in [3.8, 4) is 5.75 Å². The van der Waals surface area contributed by atoms with Crippen molar-refractivity contribution in [2.45, 2.75) is 31.7 Å². The van der Waals surface area contributed by atoms with Crippen LogP contribution >= 0.6 is 0 Å². The van der Waals surface area contributed by atoms with Gasteiger partial charge in [-0.05, 0) is 31.0 Å². The molecule has 0 saturated carbocycles. The molecule has 3 heterocycles. The first kappa shape index (κ1) is 19.4. The highest BCUT2D eigenvalue weighted by Gasteiger charge is 2.22. The van der Waals surface area contributed by atoms with Crippen LogP contribution in [0.15, 0.2) is 52.1 Å². The van der Waals surface area contributed by atoms with Gasteiger partial charge in [-0.1, -0.05) is 18.2 Å². The normalized spacial score (nSPS) is 18.8. The number of aliphatic imine (C=N–C) groups is 1. The summed E-state index contributed by atoms with van der Waals surface area (Å²) in [7, 11) is 0. The lowest BCUT2D eigenvalue weighted by atomic mass is 10.0. The number of fused-ring (bicyclic) bond motifs is 1. The highest BCUT2D eigenvalue weighted by atomic mass is 16.5. The van der Waals surface area contributed by atoms with Crippen molar-refractivity contribution < 1.29 is 13.9 Å². The smallest absolute Gasteiger partial charge is 0.244 e. The molecule has 1 aromatic heterocycles. The van der Waals surface area contributed by atoms with Crippen LogP contribution in [-0.2, 0) is 11.2 Å². The van der Waals surface area contributed by atoms with Gasteiger partial charge in [-0.3, -0.25) is 4.79 Å². The predicted molar refractivity (Wildman–Crippen MR) is 111 cm³/mol. The van der Waals surface area contributed by atoms with Crippen molar-refractivity contribution in [2.24, 2.45) is 4.99 Å². The van der Waals surface area contributed by atoms with Crippen molar-refractivity contribution in [1.82, 2.24) is 15.5 Å². The molecule has 29 heavy (non-hydrogen) atoms. The Balaban J connectivity index is 1.42. The number of carbonyl (C=O) groups is 1. The molecule has 1 saturated heterocycles. The van der Waals surface area contributed by atoms with Crippen LogP contribution in [-0.4, -0.2) is 49.6 Å². The summed E-state index contributed by atoms with van der Waals surface area (Å²) in [6.45, 7) is 3.16. The number of benzene rings is 1. The van der Waals surface area contributed by atoms with Crippen LogP contribution in [0.4, 0.5) is 0 Å². The van der Waals surface area contributed by atoms with Gasteiger partial charge < -0.3 is 24.7 Å². The second kappa shape index (κ2) is 9.49. The lowest BCUT2D eigenvalue weighted by molar-refractivity contribution is -0.128. The molecule has 154 valence electrons. The number of nitrogens with one attached hydrogen (secondary N) is 2. The Kier molecular flexibility index (Phi) is 6.34. The fraction of sp³-hybridized carbons (Fsp3) is 0.455. The van der Waals surface area contributed by atoms with Gasteiger partial charge in [-0.2, -0.15) is 0 Å². The van der Waals surface area contributed by atoms with Gasteiger partial charge in [0.1, 0.15) is 18.1 Å². The number of amides is 1. The summed E-state index contributed by atoms with van der Waals surface area (Å²) in [5, 5.41) is 6.85. The molecule has 4 rings (SSSR count). The van der Waals surface area contributed by atoms with Gasteiger partial charge >= 0.3 is 0 Å². The zero-order chi connectivity index (χ0) is 19.9. The Morgan fingerprint density at radius 3 is 2.86 bits per heavy atom. The fourth-order valence-electron chi connectivity index (χ4n) is 3.78. The van der Waals surface area contributed by atoms with E-state index < -0.39 is 0 Å². The number of guanidine groups is 1. The Morgan fingerprint density at radius 2 is 2.03 bits per heavy atom. The number of likely N-dealkylation sites (tertiary alicyclic amines) is 1. The molecule has 2 N–H and O–H groups in total. The number of hydrogen-bond donors (Lipinski definition) is 2. The van der Waals surface area contributed by atoms with Crippen molar-refractivity contribution in [2.75, 3.05) is 32.8 Å². The average Bonchev–Trinajstić information content (AvgIpc) is 3.46. The number of nitrogens with zero attached hydrogens (tertiary/aromatic N) is 2. The Morgan fingerprint density at radius 1 is 1.17 bits per heavy atom. The third-order valence-electron chi connectivity index (χ3n) is 5.34. The van der Waals surface area contributed by atoms with E-state index in [2.05, 4.69) is 21.7 Å². The minimum Gasteiger partial charge on any atom is -0.493 e. The Hall–Kier alpha value is -2.96. The van der Waals surface area contributed by atoms with E-state index in [4.69, 9.17) is 9.15 Å². The summed E-state index contributed by atoms with van der Waals surface area (Å²) in [4.78, 5) is 18.9. The molecule has 7 nitrogen and oxygen atoms in total. The molecule has 1 atom stereocenters. The quantitative estimate of drug-likeness (QED) is 0.579. The van der Waals surface area contributed by atoms with E-state index in [0.29, 0.717) is 19.1 Å². The van der Waals surface area contributed by atoms with Crippen molar-refractivity contribution in [3.63, 3.8) is 0 Å². The lowest BCUT2D eigenvalue weighted by Gasteiger charge is -2.28. The van der Waals surface area contributed by atoms with Crippen LogP contribution in [0.5, 0.6) is 5.75 Å². The summed E-state index contributed by atoms with van der Waals surface area (Å²) in [6, 6.07) is 12.0. The van der Waals surface area contributed by atoms with Gasteiger partial charge in [0.25, 0.3) is 0 Å². The maximum Gasteiger partial charge on any atom is 0.244 e. The van der Waals surface area contributed by atoms with E-state index in [1.165, 1.54) is 0 Å². The summed E-state index contributed by atoms with van der Waals surface area (Å²) >= 11 is 0. The standard InChI is InChI=1S/C22H28N4O3/c27-21(26-12-3-4-13-26)16-24-22(23-11-9-17-6-5-14-28-17)25-19-10-15-29-20-8-2-1-7-18(19)20/h1-2,5-8,14,19H,3-4,9-13,15-16H2,(H2,23,24,25). The van der Waals surface area contributed by atoms with E-state index in [-0.39, 0.29) is 18.5 Å². The van der Waals surface area contributed by atoms with Gasteiger partial charge in [0.2, 0.25) is 5.91 Å². The molecule has 1 amide bonds. The van der Waals surface area contributed by atoms with Gasteiger partial charge in [0.15, 0.2) is 5.96 Å². The lowest BCUT2D eigenvalue weighted by Crippen LogP contribution is -2.42. The Bertz CT molecular complexity index is 828. The van der Waals surface area contributed by atoms with E-state index in [0.717, 1.165) is 55.8 Å². The van der Waals surface area contributed by atoms with Crippen LogP contribution in [0, 0.1) is 0 Å². The third kappa shape index (κ3) is 5.10. The van der Waals surface area contributed by atoms with Crippen LogP contribution in [0.1, 0.15) is 36.6 Å². The molecular weight excluding hydrogens is 368 g/mol. The largest absolute Gasteiger partial charge is 0.493 e. The van der Waals surface area contributed by atoms with E-state index in [1.54, 1.807) is 6.26 Å². The first-order valence-electron chi connectivity index (χ1n) is 10.4.